The van der Waals surface area contributed by atoms with Crippen LogP contribution in [0.4, 0.5) is 4.39 Å². The molecular formula is C16H22FN. The lowest BCUT2D eigenvalue weighted by Gasteiger charge is -2.22. The van der Waals surface area contributed by atoms with Crippen LogP contribution < -0.4 is 5.32 Å². The van der Waals surface area contributed by atoms with E-state index in [1.54, 1.807) is 12.1 Å². The van der Waals surface area contributed by atoms with Gasteiger partial charge in [0.05, 0.1) is 0 Å². The summed E-state index contributed by atoms with van der Waals surface area (Å²) in [5.74, 6) is 2.44. The van der Waals surface area contributed by atoms with Crippen LogP contribution in [0.25, 0.3) is 0 Å². The van der Waals surface area contributed by atoms with Crippen molar-refractivity contribution in [1.29, 1.82) is 0 Å². The zero-order valence-electron chi connectivity index (χ0n) is 11.2. The Kier molecular flexibility index (Phi) is 3.14. The van der Waals surface area contributed by atoms with Gasteiger partial charge in [-0.2, -0.15) is 0 Å². The average Bonchev–Trinajstić information content (AvgIpc) is 2.82. The molecule has 0 amide bonds. The minimum atomic E-state index is -0.107. The molecule has 3 atom stereocenters. The third kappa shape index (κ3) is 1.97. The van der Waals surface area contributed by atoms with Crippen LogP contribution in [0, 0.1) is 30.5 Å². The highest BCUT2D eigenvalue weighted by atomic mass is 19.1. The fourth-order valence-corrected chi connectivity index (χ4v) is 3.99. The van der Waals surface area contributed by atoms with E-state index in [0.29, 0.717) is 6.04 Å². The van der Waals surface area contributed by atoms with E-state index in [9.17, 15) is 4.39 Å². The Morgan fingerprint density at radius 1 is 1.33 bits per heavy atom. The predicted molar refractivity (Wildman–Crippen MR) is 71.9 cm³/mol. The number of hydrogen-bond acceptors (Lipinski definition) is 1. The van der Waals surface area contributed by atoms with E-state index < -0.39 is 0 Å². The van der Waals surface area contributed by atoms with E-state index in [1.165, 1.54) is 30.4 Å². The van der Waals surface area contributed by atoms with Crippen LogP contribution >= 0.6 is 0 Å². The fraction of sp³-hybridized carbons (Fsp3) is 0.625. The standard InChI is InChI=1S/C16H22FN/c1-3-18-16(15-12-5-4-6-13(12)15)14-9-11(17)8-7-10(14)2/h7-9,12-13,15-16,18H,3-6H2,1-2H3. The van der Waals surface area contributed by atoms with Crippen molar-refractivity contribution in [1.82, 2.24) is 5.32 Å². The van der Waals surface area contributed by atoms with Gasteiger partial charge in [0.1, 0.15) is 5.82 Å². The van der Waals surface area contributed by atoms with Gasteiger partial charge in [-0.15, -0.1) is 0 Å². The highest BCUT2D eigenvalue weighted by Gasteiger charge is 2.56. The maximum absolute atomic E-state index is 13.5. The molecule has 98 valence electrons. The number of rotatable bonds is 4. The summed E-state index contributed by atoms with van der Waals surface area (Å²) in [4.78, 5) is 0. The Hall–Kier alpha value is -0.890. The molecule has 2 fully saturated rings. The second-order valence-corrected chi connectivity index (χ2v) is 5.87. The first kappa shape index (κ1) is 12.2. The summed E-state index contributed by atoms with van der Waals surface area (Å²) >= 11 is 0. The molecule has 3 rings (SSSR count). The highest BCUT2D eigenvalue weighted by Crippen LogP contribution is 2.62. The van der Waals surface area contributed by atoms with Crippen molar-refractivity contribution in [2.75, 3.05) is 6.54 Å². The molecular weight excluding hydrogens is 225 g/mol. The number of aryl methyl sites for hydroxylation is 1. The zero-order valence-corrected chi connectivity index (χ0v) is 11.2. The van der Waals surface area contributed by atoms with Crippen LogP contribution in [-0.2, 0) is 0 Å². The van der Waals surface area contributed by atoms with Crippen molar-refractivity contribution in [3.05, 3.63) is 35.1 Å². The molecule has 1 aromatic rings. The molecule has 2 aliphatic carbocycles. The largest absolute Gasteiger partial charge is 0.310 e. The summed E-state index contributed by atoms with van der Waals surface area (Å²) in [7, 11) is 0. The third-order valence-electron chi connectivity index (χ3n) is 4.86. The SMILES string of the molecule is CCNC(c1cc(F)ccc1C)C1C2CCCC21. The normalized spacial score (nSPS) is 31.2. The van der Waals surface area contributed by atoms with Crippen LogP contribution in [0.5, 0.6) is 0 Å². The van der Waals surface area contributed by atoms with Crippen LogP contribution in [0.15, 0.2) is 18.2 Å². The molecule has 18 heavy (non-hydrogen) atoms. The fourth-order valence-electron chi connectivity index (χ4n) is 3.99. The van der Waals surface area contributed by atoms with Gasteiger partial charge in [-0.3, -0.25) is 0 Å². The van der Waals surface area contributed by atoms with Crippen molar-refractivity contribution in [3.8, 4) is 0 Å². The van der Waals surface area contributed by atoms with E-state index in [4.69, 9.17) is 0 Å². The number of halogens is 1. The van der Waals surface area contributed by atoms with Crippen molar-refractivity contribution < 1.29 is 4.39 Å². The van der Waals surface area contributed by atoms with Gasteiger partial charge in [-0.1, -0.05) is 19.4 Å². The van der Waals surface area contributed by atoms with Crippen molar-refractivity contribution in [2.24, 2.45) is 17.8 Å². The molecule has 0 heterocycles. The Labute approximate surface area is 109 Å². The lowest BCUT2D eigenvalue weighted by atomic mass is 9.93. The number of fused-ring (bicyclic) bond motifs is 1. The van der Waals surface area contributed by atoms with Gasteiger partial charge in [-0.25, -0.2) is 4.39 Å². The van der Waals surface area contributed by atoms with Gasteiger partial charge in [0, 0.05) is 6.04 Å². The maximum Gasteiger partial charge on any atom is 0.123 e. The number of benzene rings is 1. The molecule has 2 heteroatoms. The third-order valence-corrected chi connectivity index (χ3v) is 4.86. The predicted octanol–water partition coefficient (Wildman–Crippen LogP) is 3.83. The molecule has 0 aliphatic heterocycles. The van der Waals surface area contributed by atoms with Crippen LogP contribution in [-0.4, -0.2) is 6.54 Å². The second-order valence-electron chi connectivity index (χ2n) is 5.87. The average molecular weight is 247 g/mol. The van der Waals surface area contributed by atoms with Crippen LogP contribution in [0.1, 0.15) is 43.4 Å². The van der Waals surface area contributed by atoms with Gasteiger partial charge < -0.3 is 5.32 Å². The Morgan fingerprint density at radius 2 is 2.06 bits per heavy atom. The molecule has 0 aromatic heterocycles. The number of nitrogens with one attached hydrogen (secondary N) is 1. The van der Waals surface area contributed by atoms with Crippen molar-refractivity contribution >= 4 is 0 Å². The Bertz CT molecular complexity index is 433. The minimum Gasteiger partial charge on any atom is -0.310 e. The smallest absolute Gasteiger partial charge is 0.123 e. The Balaban J connectivity index is 1.87. The summed E-state index contributed by atoms with van der Waals surface area (Å²) < 4.78 is 13.5. The minimum absolute atomic E-state index is 0.107. The second kappa shape index (κ2) is 4.65. The van der Waals surface area contributed by atoms with Gasteiger partial charge in [0.25, 0.3) is 0 Å². The lowest BCUT2D eigenvalue weighted by molar-refractivity contribution is 0.422. The summed E-state index contributed by atoms with van der Waals surface area (Å²) in [5.41, 5.74) is 2.39. The van der Waals surface area contributed by atoms with E-state index in [2.05, 4.69) is 19.2 Å². The first-order valence-electron chi connectivity index (χ1n) is 7.21. The molecule has 1 N–H and O–H groups in total. The zero-order chi connectivity index (χ0) is 12.7. The topological polar surface area (TPSA) is 12.0 Å². The van der Waals surface area contributed by atoms with Gasteiger partial charge in [-0.05, 0) is 67.3 Å². The summed E-state index contributed by atoms with van der Waals surface area (Å²) in [6, 6.07) is 5.57. The van der Waals surface area contributed by atoms with Crippen LogP contribution in [0.3, 0.4) is 0 Å². The van der Waals surface area contributed by atoms with E-state index in [0.717, 1.165) is 24.3 Å². The van der Waals surface area contributed by atoms with E-state index in [-0.39, 0.29) is 5.82 Å². The molecule has 2 aliphatic rings. The highest BCUT2D eigenvalue weighted by molar-refractivity contribution is 5.32. The molecule has 1 nitrogen and oxygen atoms in total. The van der Waals surface area contributed by atoms with Crippen molar-refractivity contribution in [2.45, 2.75) is 39.2 Å². The first-order valence-corrected chi connectivity index (χ1v) is 7.21. The number of hydrogen-bond donors (Lipinski definition) is 1. The molecule has 0 radical (unpaired) electrons. The van der Waals surface area contributed by atoms with E-state index >= 15 is 0 Å². The first-order chi connectivity index (χ1) is 8.72. The molecule has 3 unspecified atom stereocenters. The van der Waals surface area contributed by atoms with Gasteiger partial charge in [0.15, 0.2) is 0 Å². The molecule has 0 spiro atoms. The molecule has 1 aromatic carbocycles. The Morgan fingerprint density at radius 3 is 2.72 bits per heavy atom. The maximum atomic E-state index is 13.5. The molecule has 0 bridgehead atoms. The molecule has 2 saturated carbocycles. The summed E-state index contributed by atoms with van der Waals surface area (Å²) in [5, 5.41) is 3.59. The lowest BCUT2D eigenvalue weighted by Crippen LogP contribution is -2.25. The monoisotopic (exact) mass is 247 g/mol. The quantitative estimate of drug-likeness (QED) is 0.852. The van der Waals surface area contributed by atoms with Gasteiger partial charge in [0.2, 0.25) is 0 Å². The van der Waals surface area contributed by atoms with Gasteiger partial charge >= 0.3 is 0 Å². The van der Waals surface area contributed by atoms with E-state index in [1.807, 2.05) is 6.07 Å². The molecule has 0 saturated heterocycles. The van der Waals surface area contributed by atoms with Crippen LogP contribution in [0.2, 0.25) is 0 Å². The summed E-state index contributed by atoms with van der Waals surface area (Å²) in [6.45, 7) is 5.19. The summed E-state index contributed by atoms with van der Waals surface area (Å²) in [6.07, 6.45) is 4.16. The van der Waals surface area contributed by atoms with Crippen molar-refractivity contribution in [3.63, 3.8) is 0 Å².